The van der Waals surface area contributed by atoms with Gasteiger partial charge in [0.15, 0.2) is 0 Å². The predicted molar refractivity (Wildman–Crippen MR) is 133 cm³/mol. The Morgan fingerprint density at radius 1 is 1.03 bits per heavy atom. The third kappa shape index (κ3) is 7.82. The zero-order valence-electron chi connectivity index (χ0n) is 20.7. The van der Waals surface area contributed by atoms with E-state index in [4.69, 9.17) is 9.47 Å². The number of hydrogen-bond acceptors (Lipinski definition) is 5. The Morgan fingerprint density at radius 2 is 1.72 bits per heavy atom. The molecule has 1 N–H and O–H groups in total. The molecule has 2 heterocycles. The van der Waals surface area contributed by atoms with Crippen LogP contribution in [-0.2, 0) is 21.9 Å². The van der Waals surface area contributed by atoms with Gasteiger partial charge in [-0.15, -0.1) is 5.73 Å². The molecule has 210 valence electrons. The molecule has 4 rings (SSSR count). The van der Waals surface area contributed by atoms with Gasteiger partial charge in [-0.3, -0.25) is 4.79 Å². The first-order valence-corrected chi connectivity index (χ1v) is 13.1. The number of benzene rings is 2. The standard InChI is InChI=1S/C27H26F6N2O3S/c28-26(29,30)24-18(3-1-6-23(36)35-13-15-37-16-14-35)7-8-22(25(24)27(31,32)33)39-21-5-2-4-20(17-21)38-19-9-11-34-12-10-19/h2-8,17,19,34H,9-16H2. The number of alkyl halides is 6. The highest BCUT2D eigenvalue weighted by Crippen LogP contribution is 2.48. The van der Waals surface area contributed by atoms with Gasteiger partial charge in [0.25, 0.3) is 5.91 Å². The van der Waals surface area contributed by atoms with Gasteiger partial charge in [0.05, 0.1) is 24.3 Å². The summed E-state index contributed by atoms with van der Waals surface area (Å²) >= 11 is 0.577. The minimum Gasteiger partial charge on any atom is -0.490 e. The van der Waals surface area contributed by atoms with E-state index >= 15 is 0 Å². The van der Waals surface area contributed by atoms with Crippen LogP contribution in [0.2, 0.25) is 0 Å². The number of carbonyl (C=O) groups is 1. The van der Waals surface area contributed by atoms with Crippen LogP contribution in [-0.4, -0.2) is 56.3 Å². The zero-order chi connectivity index (χ0) is 28.0. The number of halogens is 6. The van der Waals surface area contributed by atoms with E-state index in [0.29, 0.717) is 48.7 Å². The number of hydrogen-bond donors (Lipinski definition) is 1. The number of carbonyl (C=O) groups excluding carboxylic acids is 1. The first-order chi connectivity index (χ1) is 18.5. The lowest BCUT2D eigenvalue weighted by Gasteiger charge is -2.25. The molecule has 2 saturated heterocycles. The molecule has 2 aliphatic rings. The van der Waals surface area contributed by atoms with Gasteiger partial charge in [0.1, 0.15) is 11.9 Å². The molecule has 0 atom stereocenters. The van der Waals surface area contributed by atoms with Crippen LogP contribution < -0.4 is 10.1 Å². The molecule has 2 aromatic rings. The van der Waals surface area contributed by atoms with E-state index in [0.717, 1.165) is 50.2 Å². The maximum Gasteiger partial charge on any atom is 0.418 e. The number of nitrogens with one attached hydrogen (secondary N) is 1. The Bertz CT molecular complexity index is 1230. The van der Waals surface area contributed by atoms with Crippen molar-refractivity contribution in [1.29, 1.82) is 0 Å². The lowest BCUT2D eigenvalue weighted by atomic mass is 9.99. The van der Waals surface area contributed by atoms with Crippen LogP contribution >= 0.6 is 11.8 Å². The quantitative estimate of drug-likeness (QED) is 0.260. The van der Waals surface area contributed by atoms with Gasteiger partial charge in [-0.25, -0.2) is 0 Å². The third-order valence-electron chi connectivity index (χ3n) is 6.16. The fourth-order valence-corrected chi connectivity index (χ4v) is 5.34. The highest BCUT2D eigenvalue weighted by molar-refractivity contribution is 7.99. The van der Waals surface area contributed by atoms with Crippen LogP contribution in [0, 0.1) is 0 Å². The highest BCUT2D eigenvalue weighted by Gasteiger charge is 2.46. The summed E-state index contributed by atoms with van der Waals surface area (Å²) < 4.78 is 95.7. The lowest BCUT2D eigenvalue weighted by molar-refractivity contribution is -0.163. The van der Waals surface area contributed by atoms with Crippen molar-refractivity contribution in [1.82, 2.24) is 10.2 Å². The zero-order valence-corrected chi connectivity index (χ0v) is 21.5. The Kier molecular flexibility index (Phi) is 9.32. The van der Waals surface area contributed by atoms with Gasteiger partial charge in [-0.05, 0) is 61.8 Å². The SMILES string of the molecule is O=C(C=C=Cc1ccc(Sc2cccc(OC3CCNCC3)c2)c(C(F)(F)F)c1C(F)(F)F)N1CCOCC1. The van der Waals surface area contributed by atoms with Crippen LogP contribution in [0.4, 0.5) is 26.3 Å². The Hall–Kier alpha value is -2.92. The molecule has 0 aliphatic carbocycles. The summed E-state index contributed by atoms with van der Waals surface area (Å²) in [4.78, 5) is 13.3. The van der Waals surface area contributed by atoms with Crippen molar-refractivity contribution >= 4 is 23.7 Å². The molecular formula is C27H26F6N2O3S. The fraction of sp³-hybridized carbons (Fsp3) is 0.407. The topological polar surface area (TPSA) is 50.8 Å². The van der Waals surface area contributed by atoms with Gasteiger partial charge < -0.3 is 19.7 Å². The molecule has 0 saturated carbocycles. The van der Waals surface area contributed by atoms with Crippen molar-refractivity contribution in [3.05, 3.63) is 64.9 Å². The number of rotatable bonds is 6. The molecule has 0 radical (unpaired) electrons. The molecular weight excluding hydrogens is 546 g/mol. The van der Waals surface area contributed by atoms with Crippen LogP contribution in [0.5, 0.6) is 5.75 Å². The smallest absolute Gasteiger partial charge is 0.418 e. The summed E-state index contributed by atoms with van der Waals surface area (Å²) in [5, 5.41) is 3.21. The van der Waals surface area contributed by atoms with Crippen molar-refractivity contribution in [2.45, 2.75) is 41.1 Å². The first-order valence-electron chi connectivity index (χ1n) is 12.3. The lowest BCUT2D eigenvalue weighted by Crippen LogP contribution is -2.39. The van der Waals surface area contributed by atoms with Crippen molar-refractivity contribution in [3.8, 4) is 5.75 Å². The maximum atomic E-state index is 14.1. The van der Waals surface area contributed by atoms with Crippen molar-refractivity contribution in [2.75, 3.05) is 39.4 Å². The van der Waals surface area contributed by atoms with Gasteiger partial charge in [0, 0.05) is 29.0 Å². The number of ether oxygens (including phenoxy) is 2. The molecule has 0 spiro atoms. The van der Waals surface area contributed by atoms with Gasteiger partial charge in [0.2, 0.25) is 0 Å². The predicted octanol–water partition coefficient (Wildman–Crippen LogP) is 6.03. The fourth-order valence-electron chi connectivity index (χ4n) is 4.31. The number of nitrogens with zero attached hydrogens (tertiary/aromatic N) is 1. The molecule has 5 nitrogen and oxygen atoms in total. The number of amides is 1. The van der Waals surface area contributed by atoms with Crippen molar-refractivity contribution in [2.24, 2.45) is 0 Å². The second-order valence-corrected chi connectivity index (χ2v) is 10.1. The van der Waals surface area contributed by atoms with Gasteiger partial charge >= 0.3 is 12.4 Å². The molecule has 2 fully saturated rings. The summed E-state index contributed by atoms with van der Waals surface area (Å²) in [5.74, 6) is -0.0796. The van der Waals surface area contributed by atoms with E-state index in [1.54, 1.807) is 12.1 Å². The second-order valence-electron chi connectivity index (χ2n) is 8.94. The molecule has 2 aliphatic heterocycles. The number of piperidine rings is 1. The Balaban J connectivity index is 1.66. The maximum absolute atomic E-state index is 14.1. The van der Waals surface area contributed by atoms with E-state index in [1.165, 1.54) is 17.0 Å². The van der Waals surface area contributed by atoms with Crippen LogP contribution in [0.25, 0.3) is 6.08 Å². The van der Waals surface area contributed by atoms with Crippen molar-refractivity contribution in [3.63, 3.8) is 0 Å². The second kappa shape index (κ2) is 12.5. The van der Waals surface area contributed by atoms with Gasteiger partial charge in [-0.2, -0.15) is 26.3 Å². The Labute approximate surface area is 225 Å². The molecule has 0 aromatic heterocycles. The molecule has 39 heavy (non-hydrogen) atoms. The summed E-state index contributed by atoms with van der Waals surface area (Å²) in [5.41, 5.74) is -2.04. The summed E-state index contributed by atoms with van der Waals surface area (Å²) in [6.45, 7) is 2.82. The molecule has 2 aromatic carbocycles. The van der Waals surface area contributed by atoms with Crippen LogP contribution in [0.3, 0.4) is 0 Å². The van der Waals surface area contributed by atoms with E-state index < -0.39 is 39.8 Å². The molecule has 12 heteroatoms. The summed E-state index contributed by atoms with van der Waals surface area (Å²) in [6.07, 6.45) is -7.47. The minimum atomic E-state index is -5.32. The van der Waals surface area contributed by atoms with E-state index in [2.05, 4.69) is 11.0 Å². The van der Waals surface area contributed by atoms with Crippen LogP contribution in [0.1, 0.15) is 29.5 Å². The molecule has 1 amide bonds. The minimum absolute atomic E-state index is 0.0525. The Morgan fingerprint density at radius 3 is 2.38 bits per heavy atom. The average Bonchev–Trinajstić information content (AvgIpc) is 2.89. The normalized spacial score (nSPS) is 16.9. The number of morpholine rings is 1. The van der Waals surface area contributed by atoms with Crippen molar-refractivity contribution < 1.29 is 40.6 Å². The average molecular weight is 573 g/mol. The third-order valence-corrected chi connectivity index (χ3v) is 7.21. The monoisotopic (exact) mass is 572 g/mol. The summed E-state index contributed by atoms with van der Waals surface area (Å²) in [7, 11) is 0. The van der Waals surface area contributed by atoms with E-state index in [9.17, 15) is 31.1 Å². The van der Waals surface area contributed by atoms with Gasteiger partial charge in [-0.1, -0.05) is 23.9 Å². The molecule has 0 unspecified atom stereocenters. The first kappa shape index (κ1) is 29.1. The molecule has 0 bridgehead atoms. The largest absolute Gasteiger partial charge is 0.490 e. The van der Waals surface area contributed by atoms with E-state index in [1.807, 2.05) is 0 Å². The highest BCUT2D eigenvalue weighted by atomic mass is 32.2. The summed E-state index contributed by atoms with van der Waals surface area (Å²) in [6, 6.07) is 8.24. The van der Waals surface area contributed by atoms with E-state index in [-0.39, 0.29) is 6.10 Å². The van der Waals surface area contributed by atoms with Crippen LogP contribution in [0.15, 0.2) is 58.0 Å².